The van der Waals surface area contributed by atoms with Gasteiger partial charge in [-0.3, -0.25) is 4.98 Å². The molecule has 2 aromatic heterocycles. The summed E-state index contributed by atoms with van der Waals surface area (Å²) in [6.07, 6.45) is 3.53. The van der Waals surface area contributed by atoms with E-state index in [4.69, 9.17) is 15.0 Å². The van der Waals surface area contributed by atoms with Gasteiger partial charge in [0.05, 0.1) is 5.92 Å². The van der Waals surface area contributed by atoms with Crippen molar-refractivity contribution < 1.29 is 9.26 Å². The van der Waals surface area contributed by atoms with Gasteiger partial charge in [0, 0.05) is 29.6 Å². The fourth-order valence-electron chi connectivity index (χ4n) is 2.11. The van der Waals surface area contributed by atoms with Crippen molar-refractivity contribution in [1.29, 1.82) is 0 Å². The summed E-state index contributed by atoms with van der Waals surface area (Å²) in [6, 6.07) is 11.4. The zero-order chi connectivity index (χ0) is 16.9. The average molecular weight is 361 g/mol. The van der Waals surface area contributed by atoms with Gasteiger partial charge in [-0.25, -0.2) is 0 Å². The highest BCUT2D eigenvalue weighted by atomic mass is 35.5. The van der Waals surface area contributed by atoms with Crippen LogP contribution in [0, 0.1) is 0 Å². The second-order valence-corrected chi connectivity index (χ2v) is 5.78. The summed E-state index contributed by atoms with van der Waals surface area (Å²) < 4.78 is 11.0. The van der Waals surface area contributed by atoms with E-state index in [0.29, 0.717) is 18.3 Å². The van der Waals surface area contributed by atoms with E-state index in [-0.39, 0.29) is 24.4 Å². The van der Waals surface area contributed by atoms with E-state index in [1.807, 2.05) is 50.2 Å². The Balaban J connectivity index is 0.00000225. The standard InChI is InChI=1S/C18H20N4O2.ClH/c1-12(13(2)19)18-21-17(22-24-18)15-5-7-16(8-6-15)23-11-14-4-3-9-20-10-14;/h3-10,12-13H,11,19H2,1-2H3;1H. The summed E-state index contributed by atoms with van der Waals surface area (Å²) in [5.74, 6) is 1.90. The molecular formula is C18H21ClN4O2. The lowest BCUT2D eigenvalue weighted by Crippen LogP contribution is -2.22. The van der Waals surface area contributed by atoms with Crippen LogP contribution in [0.5, 0.6) is 5.75 Å². The van der Waals surface area contributed by atoms with Crippen molar-refractivity contribution in [3.8, 4) is 17.1 Å². The first-order valence-corrected chi connectivity index (χ1v) is 7.85. The molecule has 1 aromatic carbocycles. The Hall–Kier alpha value is -2.44. The molecule has 2 unspecified atom stereocenters. The van der Waals surface area contributed by atoms with Crippen molar-refractivity contribution in [1.82, 2.24) is 15.1 Å². The van der Waals surface area contributed by atoms with Gasteiger partial charge in [-0.05, 0) is 37.3 Å². The van der Waals surface area contributed by atoms with Crippen LogP contribution in [0.15, 0.2) is 53.3 Å². The number of benzene rings is 1. The zero-order valence-corrected chi connectivity index (χ0v) is 14.9. The van der Waals surface area contributed by atoms with E-state index in [2.05, 4.69) is 15.1 Å². The molecule has 0 bridgehead atoms. The molecule has 0 aliphatic carbocycles. The van der Waals surface area contributed by atoms with Gasteiger partial charge >= 0.3 is 0 Å². The quantitative estimate of drug-likeness (QED) is 0.722. The van der Waals surface area contributed by atoms with Crippen LogP contribution in [0.2, 0.25) is 0 Å². The smallest absolute Gasteiger partial charge is 0.231 e. The van der Waals surface area contributed by atoms with Gasteiger partial charge in [-0.15, -0.1) is 12.4 Å². The van der Waals surface area contributed by atoms with Crippen LogP contribution in [0.4, 0.5) is 0 Å². The lowest BCUT2D eigenvalue weighted by Gasteiger charge is -2.09. The summed E-state index contributed by atoms with van der Waals surface area (Å²) in [4.78, 5) is 8.48. The van der Waals surface area contributed by atoms with Gasteiger partial charge in [-0.1, -0.05) is 18.1 Å². The van der Waals surface area contributed by atoms with E-state index < -0.39 is 0 Å². The van der Waals surface area contributed by atoms with Crippen molar-refractivity contribution in [2.75, 3.05) is 0 Å². The maximum atomic E-state index is 5.87. The normalized spacial score (nSPS) is 12.9. The molecule has 0 fully saturated rings. The molecule has 2 N–H and O–H groups in total. The third-order valence-electron chi connectivity index (χ3n) is 3.86. The second-order valence-electron chi connectivity index (χ2n) is 5.78. The number of aromatic nitrogens is 3. The molecule has 0 aliphatic heterocycles. The molecule has 0 radical (unpaired) electrons. The minimum atomic E-state index is -0.0402. The van der Waals surface area contributed by atoms with Gasteiger partial charge in [0.15, 0.2) is 0 Å². The molecular weight excluding hydrogens is 340 g/mol. The first-order chi connectivity index (χ1) is 11.6. The molecule has 0 saturated heterocycles. The van der Waals surface area contributed by atoms with E-state index in [9.17, 15) is 0 Å². The van der Waals surface area contributed by atoms with Gasteiger partial charge in [0.25, 0.3) is 0 Å². The summed E-state index contributed by atoms with van der Waals surface area (Å²) in [6.45, 7) is 4.37. The third kappa shape index (κ3) is 4.78. The van der Waals surface area contributed by atoms with Crippen molar-refractivity contribution >= 4 is 12.4 Å². The van der Waals surface area contributed by atoms with Gasteiger partial charge in [0.2, 0.25) is 11.7 Å². The number of halogens is 1. The van der Waals surface area contributed by atoms with E-state index in [1.165, 1.54) is 0 Å². The fourth-order valence-corrected chi connectivity index (χ4v) is 2.11. The molecule has 7 heteroatoms. The minimum absolute atomic E-state index is 0. The van der Waals surface area contributed by atoms with E-state index >= 15 is 0 Å². The molecule has 3 aromatic rings. The molecule has 0 saturated carbocycles. The SMILES string of the molecule is CC(N)C(C)c1nc(-c2ccc(OCc3cccnc3)cc2)no1.Cl. The Kier molecular flexibility index (Phi) is 6.50. The third-order valence-corrected chi connectivity index (χ3v) is 3.86. The van der Waals surface area contributed by atoms with E-state index in [1.54, 1.807) is 12.4 Å². The maximum absolute atomic E-state index is 5.87. The predicted molar refractivity (Wildman–Crippen MR) is 97.6 cm³/mol. The summed E-state index contributed by atoms with van der Waals surface area (Å²) in [5, 5.41) is 4.02. The first-order valence-electron chi connectivity index (χ1n) is 7.85. The Labute approximate surface area is 152 Å². The largest absolute Gasteiger partial charge is 0.489 e. The average Bonchev–Trinajstić information content (AvgIpc) is 3.10. The number of hydrogen-bond donors (Lipinski definition) is 1. The number of nitrogens with two attached hydrogens (primary N) is 1. The van der Waals surface area contributed by atoms with Crippen molar-refractivity contribution in [3.05, 3.63) is 60.2 Å². The van der Waals surface area contributed by atoms with Gasteiger partial charge < -0.3 is 15.0 Å². The van der Waals surface area contributed by atoms with E-state index in [0.717, 1.165) is 16.9 Å². The van der Waals surface area contributed by atoms with Crippen LogP contribution in [0.1, 0.15) is 31.2 Å². The van der Waals surface area contributed by atoms with Gasteiger partial charge in [-0.2, -0.15) is 4.98 Å². The molecule has 25 heavy (non-hydrogen) atoms. The van der Waals surface area contributed by atoms with Crippen LogP contribution in [-0.2, 0) is 6.61 Å². The lowest BCUT2D eigenvalue weighted by atomic mass is 10.1. The lowest BCUT2D eigenvalue weighted by molar-refractivity contribution is 0.306. The molecule has 2 heterocycles. The predicted octanol–water partition coefficient (Wildman–Crippen LogP) is 3.58. The molecule has 2 atom stereocenters. The van der Waals surface area contributed by atoms with Crippen molar-refractivity contribution in [2.45, 2.75) is 32.4 Å². The Morgan fingerprint density at radius 1 is 1.16 bits per heavy atom. The van der Waals surface area contributed by atoms with Crippen molar-refractivity contribution in [3.63, 3.8) is 0 Å². The number of nitrogens with zero attached hydrogens (tertiary/aromatic N) is 3. The molecule has 0 aliphatic rings. The highest BCUT2D eigenvalue weighted by Gasteiger charge is 2.18. The van der Waals surface area contributed by atoms with Crippen molar-refractivity contribution in [2.24, 2.45) is 5.73 Å². The number of pyridine rings is 1. The van der Waals surface area contributed by atoms with Gasteiger partial charge in [0.1, 0.15) is 12.4 Å². The molecule has 0 amide bonds. The minimum Gasteiger partial charge on any atom is -0.489 e. The fraction of sp³-hybridized carbons (Fsp3) is 0.278. The topological polar surface area (TPSA) is 87.1 Å². The highest BCUT2D eigenvalue weighted by molar-refractivity contribution is 5.85. The number of ether oxygens (including phenoxy) is 1. The van der Waals surface area contributed by atoms with Crippen LogP contribution in [0.25, 0.3) is 11.4 Å². The first kappa shape index (κ1) is 18.9. The monoisotopic (exact) mass is 360 g/mol. The molecule has 3 rings (SSSR count). The van der Waals surface area contributed by atoms with Crippen LogP contribution in [0.3, 0.4) is 0 Å². The Morgan fingerprint density at radius 2 is 1.92 bits per heavy atom. The maximum Gasteiger partial charge on any atom is 0.231 e. The zero-order valence-electron chi connectivity index (χ0n) is 14.1. The van der Waals surface area contributed by atoms with Crippen LogP contribution < -0.4 is 10.5 Å². The van der Waals surface area contributed by atoms with Crippen LogP contribution >= 0.6 is 12.4 Å². The Bertz CT molecular complexity index is 775. The summed E-state index contributed by atoms with van der Waals surface area (Å²) in [5.41, 5.74) is 7.76. The molecule has 132 valence electrons. The summed E-state index contributed by atoms with van der Waals surface area (Å²) >= 11 is 0. The summed E-state index contributed by atoms with van der Waals surface area (Å²) in [7, 11) is 0. The van der Waals surface area contributed by atoms with Crippen LogP contribution in [-0.4, -0.2) is 21.2 Å². The number of rotatable bonds is 6. The molecule has 6 nitrogen and oxygen atoms in total. The number of hydrogen-bond acceptors (Lipinski definition) is 6. The second kappa shape index (κ2) is 8.60. The molecule has 0 spiro atoms. The Morgan fingerprint density at radius 3 is 2.56 bits per heavy atom. The highest BCUT2D eigenvalue weighted by Crippen LogP contribution is 2.23.